The van der Waals surface area contributed by atoms with Crippen molar-refractivity contribution >= 4 is 38.5 Å². The summed E-state index contributed by atoms with van der Waals surface area (Å²) in [6, 6.07) is 6.89. The van der Waals surface area contributed by atoms with Gasteiger partial charge in [-0.1, -0.05) is 6.07 Å². The minimum Gasteiger partial charge on any atom is -0.492 e. The highest BCUT2D eigenvalue weighted by Gasteiger charge is 2.28. The van der Waals surface area contributed by atoms with E-state index in [4.69, 9.17) is 10.5 Å². The quantitative estimate of drug-likeness (QED) is 0.484. The second kappa shape index (κ2) is 10.4. The van der Waals surface area contributed by atoms with Gasteiger partial charge < -0.3 is 10.5 Å². The Kier molecular flexibility index (Phi) is 8.10. The van der Waals surface area contributed by atoms with Crippen LogP contribution in [0.25, 0.3) is 0 Å². The number of carbonyl (C=O) groups excluding carboxylic acids is 1. The average Bonchev–Trinajstić information content (AvgIpc) is 2.74. The number of hydrogen-bond acceptors (Lipinski definition) is 4. The van der Waals surface area contributed by atoms with Gasteiger partial charge in [0.2, 0.25) is 10.0 Å². The Bertz CT molecular complexity index is 1110. The van der Waals surface area contributed by atoms with Gasteiger partial charge in [0.25, 0.3) is 5.91 Å². The van der Waals surface area contributed by atoms with E-state index >= 15 is 0 Å². The zero-order valence-electron chi connectivity index (χ0n) is 17.6. The zero-order chi connectivity index (χ0) is 23.5. The number of nitrogens with two attached hydrogens (primary N) is 1. The Morgan fingerprint density at radius 1 is 1.25 bits per heavy atom. The molecule has 1 heterocycles. The molecule has 1 fully saturated rings. The lowest BCUT2D eigenvalue weighted by molar-refractivity contribution is 0.0993. The van der Waals surface area contributed by atoms with Crippen molar-refractivity contribution in [1.29, 1.82) is 0 Å². The van der Waals surface area contributed by atoms with E-state index in [1.54, 1.807) is 19.1 Å². The van der Waals surface area contributed by atoms with Crippen molar-refractivity contribution in [3.63, 3.8) is 0 Å². The number of piperidine rings is 1. The molecule has 1 atom stereocenters. The van der Waals surface area contributed by atoms with Crippen molar-refractivity contribution in [1.82, 2.24) is 4.31 Å². The number of rotatable bonds is 8. The molecular formula is C22H25F2IN2O4S. The van der Waals surface area contributed by atoms with E-state index in [9.17, 15) is 22.0 Å². The Morgan fingerprint density at radius 2 is 2.00 bits per heavy atom. The summed E-state index contributed by atoms with van der Waals surface area (Å²) in [6.45, 7) is 2.47. The number of primary amides is 1. The molecule has 3 rings (SSSR count). The molecule has 10 heteroatoms. The van der Waals surface area contributed by atoms with Crippen molar-refractivity contribution in [2.45, 2.75) is 26.2 Å². The molecule has 0 radical (unpaired) electrons. The van der Waals surface area contributed by atoms with Gasteiger partial charge in [-0.15, -0.1) is 0 Å². The molecule has 0 aromatic heterocycles. The number of halogens is 3. The molecular weight excluding hydrogens is 553 g/mol. The molecule has 2 N–H and O–H groups in total. The fraction of sp³-hybridized carbons (Fsp3) is 0.409. The van der Waals surface area contributed by atoms with E-state index in [0.717, 1.165) is 18.6 Å². The zero-order valence-corrected chi connectivity index (χ0v) is 20.6. The van der Waals surface area contributed by atoms with Crippen molar-refractivity contribution < 1.29 is 26.7 Å². The molecule has 1 aliphatic rings. The Morgan fingerprint density at radius 3 is 2.66 bits per heavy atom. The monoisotopic (exact) mass is 578 g/mol. The molecule has 0 saturated carbocycles. The molecule has 32 heavy (non-hydrogen) atoms. The van der Waals surface area contributed by atoms with Gasteiger partial charge in [0.1, 0.15) is 17.4 Å². The van der Waals surface area contributed by atoms with Gasteiger partial charge in [-0.2, -0.15) is 0 Å². The Hall–Kier alpha value is -1.79. The first-order valence-electron chi connectivity index (χ1n) is 10.3. The van der Waals surface area contributed by atoms with Crippen LogP contribution in [-0.4, -0.2) is 44.1 Å². The maximum Gasteiger partial charge on any atom is 0.252 e. The standard InChI is InChI=1S/C22H25F2IN2O4S/c1-2-32(29,30)27-7-3-4-14(12-27)13-31-20-10-17(23)9-16(21(20)22(26)28)8-15-5-6-18(25)11-19(15)24/h5-6,9-11,14H,2-4,7-8,12-13H2,1H3,(H2,26,28). The van der Waals surface area contributed by atoms with Crippen molar-refractivity contribution in [2.24, 2.45) is 11.7 Å². The SMILES string of the molecule is CCS(=O)(=O)N1CCCC(COc2cc(F)cc(Cc3ccc(I)cc3F)c2C(N)=O)C1. The predicted molar refractivity (Wildman–Crippen MR) is 126 cm³/mol. The van der Waals surface area contributed by atoms with Gasteiger partial charge in [0.15, 0.2) is 0 Å². The minimum atomic E-state index is -3.31. The summed E-state index contributed by atoms with van der Waals surface area (Å²) in [5.74, 6) is -2.00. The molecule has 6 nitrogen and oxygen atoms in total. The Balaban J connectivity index is 1.83. The lowest BCUT2D eigenvalue weighted by Gasteiger charge is -2.31. The van der Waals surface area contributed by atoms with Crippen LogP contribution >= 0.6 is 22.6 Å². The summed E-state index contributed by atoms with van der Waals surface area (Å²) in [5.41, 5.74) is 6.09. The minimum absolute atomic E-state index is 0.00167. The number of hydrogen-bond donors (Lipinski definition) is 1. The third-order valence-corrected chi connectivity index (χ3v) is 8.02. The van der Waals surface area contributed by atoms with Gasteiger partial charge in [-0.05, 0) is 71.7 Å². The first kappa shape index (κ1) is 24.8. The van der Waals surface area contributed by atoms with Crippen LogP contribution in [0.2, 0.25) is 0 Å². The average molecular weight is 578 g/mol. The van der Waals surface area contributed by atoms with Crippen LogP contribution in [0.3, 0.4) is 0 Å². The van der Waals surface area contributed by atoms with Gasteiger partial charge in [0, 0.05) is 35.1 Å². The fourth-order valence-corrected chi connectivity index (χ4v) is 5.51. The van der Waals surface area contributed by atoms with Gasteiger partial charge in [-0.3, -0.25) is 4.79 Å². The summed E-state index contributed by atoms with van der Waals surface area (Å²) in [7, 11) is -3.31. The normalized spacial score (nSPS) is 17.3. The maximum atomic E-state index is 14.4. The number of nitrogens with zero attached hydrogens (tertiary/aromatic N) is 1. The van der Waals surface area contributed by atoms with E-state index < -0.39 is 27.6 Å². The number of ether oxygens (including phenoxy) is 1. The number of benzene rings is 2. The fourth-order valence-electron chi connectivity index (χ4n) is 3.84. The number of sulfonamides is 1. The van der Waals surface area contributed by atoms with Gasteiger partial charge >= 0.3 is 0 Å². The summed E-state index contributed by atoms with van der Waals surface area (Å²) in [5, 5.41) is 0. The lowest BCUT2D eigenvalue weighted by Crippen LogP contribution is -2.42. The van der Waals surface area contributed by atoms with E-state index in [1.165, 1.54) is 10.4 Å². The first-order valence-corrected chi connectivity index (χ1v) is 13.0. The highest BCUT2D eigenvalue weighted by atomic mass is 127. The molecule has 1 amide bonds. The van der Waals surface area contributed by atoms with Gasteiger partial charge in [-0.25, -0.2) is 21.5 Å². The molecule has 2 aromatic carbocycles. The largest absolute Gasteiger partial charge is 0.492 e. The second-order valence-corrected chi connectivity index (χ2v) is 11.3. The summed E-state index contributed by atoms with van der Waals surface area (Å²) in [4.78, 5) is 12.2. The van der Waals surface area contributed by atoms with Crippen LogP contribution in [-0.2, 0) is 16.4 Å². The van der Waals surface area contributed by atoms with Crippen molar-refractivity contribution in [2.75, 3.05) is 25.4 Å². The molecule has 0 aliphatic carbocycles. The molecule has 1 saturated heterocycles. The lowest BCUT2D eigenvalue weighted by atomic mass is 9.97. The number of amides is 1. The topological polar surface area (TPSA) is 89.7 Å². The van der Waals surface area contributed by atoms with Crippen LogP contribution in [0.1, 0.15) is 41.3 Å². The van der Waals surface area contributed by atoms with Crippen LogP contribution < -0.4 is 10.5 Å². The molecule has 1 unspecified atom stereocenters. The molecule has 0 bridgehead atoms. The van der Waals surface area contributed by atoms with E-state index in [1.807, 2.05) is 22.6 Å². The maximum absolute atomic E-state index is 14.4. The van der Waals surface area contributed by atoms with Crippen LogP contribution in [0.15, 0.2) is 30.3 Å². The molecule has 1 aliphatic heterocycles. The van der Waals surface area contributed by atoms with E-state index in [2.05, 4.69) is 0 Å². The molecule has 0 spiro atoms. The van der Waals surface area contributed by atoms with Crippen molar-refractivity contribution in [3.05, 3.63) is 62.2 Å². The third-order valence-electron chi connectivity index (χ3n) is 5.51. The van der Waals surface area contributed by atoms with E-state index in [-0.39, 0.29) is 41.6 Å². The van der Waals surface area contributed by atoms with E-state index in [0.29, 0.717) is 28.6 Å². The van der Waals surface area contributed by atoms with Crippen molar-refractivity contribution in [3.8, 4) is 5.75 Å². The third kappa shape index (κ3) is 5.96. The second-order valence-electron chi connectivity index (χ2n) is 7.79. The highest BCUT2D eigenvalue weighted by Crippen LogP contribution is 2.29. The first-order chi connectivity index (χ1) is 15.1. The van der Waals surface area contributed by atoms with Crippen LogP contribution in [0, 0.1) is 21.1 Å². The van der Waals surface area contributed by atoms with Crippen LogP contribution in [0.4, 0.5) is 8.78 Å². The summed E-state index contributed by atoms with van der Waals surface area (Å²) in [6.07, 6.45) is 1.41. The smallest absolute Gasteiger partial charge is 0.252 e. The summed E-state index contributed by atoms with van der Waals surface area (Å²) >= 11 is 1.99. The summed E-state index contributed by atoms with van der Waals surface area (Å²) < 4.78 is 61.0. The van der Waals surface area contributed by atoms with Crippen LogP contribution in [0.5, 0.6) is 5.75 Å². The molecule has 2 aromatic rings. The predicted octanol–water partition coefficient (Wildman–Crippen LogP) is 3.70. The molecule has 174 valence electrons. The highest BCUT2D eigenvalue weighted by molar-refractivity contribution is 14.1. The van der Waals surface area contributed by atoms with Gasteiger partial charge in [0.05, 0.1) is 17.9 Å². The number of carbonyl (C=O) groups is 1. The Labute approximate surface area is 200 Å².